The highest BCUT2D eigenvalue weighted by atomic mass is 16.8. The summed E-state index contributed by atoms with van der Waals surface area (Å²) in [6.45, 7) is 10.8. The van der Waals surface area contributed by atoms with Crippen molar-refractivity contribution in [1.29, 1.82) is 0 Å². The molecule has 0 bridgehead atoms. The van der Waals surface area contributed by atoms with Gasteiger partial charge in [-0.1, -0.05) is 27.7 Å². The van der Waals surface area contributed by atoms with Gasteiger partial charge >= 0.3 is 17.9 Å². The minimum absolute atomic E-state index is 0.391. The highest BCUT2D eigenvalue weighted by molar-refractivity contribution is 5.80. The molecule has 10 heteroatoms. The average Bonchev–Trinajstić information content (AvgIpc) is 3.20. The first-order valence-electron chi connectivity index (χ1n) is 11.8. The summed E-state index contributed by atoms with van der Waals surface area (Å²) in [6, 6.07) is 0. The first-order valence-corrected chi connectivity index (χ1v) is 11.8. The van der Waals surface area contributed by atoms with Crippen molar-refractivity contribution in [1.82, 2.24) is 0 Å². The lowest BCUT2D eigenvalue weighted by molar-refractivity contribution is -0.420. The van der Waals surface area contributed by atoms with E-state index in [9.17, 15) is 19.5 Å². The van der Waals surface area contributed by atoms with E-state index in [1.807, 2.05) is 20.8 Å². The summed E-state index contributed by atoms with van der Waals surface area (Å²) < 4.78 is 34.9. The van der Waals surface area contributed by atoms with Crippen LogP contribution in [0.5, 0.6) is 0 Å². The molecular weight excluding hydrogens is 448 g/mol. The molecule has 1 N–H and O–H groups in total. The number of hydrogen-bond donors (Lipinski definition) is 1. The number of hydrogen-bond acceptors (Lipinski definition) is 10. The van der Waals surface area contributed by atoms with Crippen LogP contribution in [0.25, 0.3) is 0 Å². The third kappa shape index (κ3) is 2.79. The molecule has 4 fully saturated rings. The van der Waals surface area contributed by atoms with Crippen LogP contribution in [0.15, 0.2) is 0 Å². The lowest BCUT2D eigenvalue weighted by Crippen LogP contribution is -2.80. The lowest BCUT2D eigenvalue weighted by atomic mass is 9.49. The van der Waals surface area contributed by atoms with Gasteiger partial charge in [0.1, 0.15) is 17.1 Å². The summed E-state index contributed by atoms with van der Waals surface area (Å²) in [4.78, 5) is 37.6. The molecule has 0 amide bonds. The second kappa shape index (κ2) is 7.88. The van der Waals surface area contributed by atoms with Crippen LogP contribution in [0.4, 0.5) is 0 Å². The minimum Gasteiger partial charge on any atom is -0.469 e. The van der Waals surface area contributed by atoms with Gasteiger partial charge in [0.15, 0.2) is 18.0 Å². The molecule has 1 aliphatic carbocycles. The molecule has 4 aliphatic rings. The van der Waals surface area contributed by atoms with E-state index in [4.69, 9.17) is 28.4 Å². The van der Waals surface area contributed by atoms with Gasteiger partial charge in [-0.3, -0.25) is 9.59 Å². The van der Waals surface area contributed by atoms with Crippen molar-refractivity contribution < 1.29 is 47.9 Å². The van der Waals surface area contributed by atoms with Gasteiger partial charge in [-0.05, 0) is 25.2 Å². The summed E-state index contributed by atoms with van der Waals surface area (Å²) >= 11 is 0. The number of methoxy groups -OCH3 is 2. The van der Waals surface area contributed by atoms with Crippen molar-refractivity contribution in [3.8, 4) is 0 Å². The molecule has 0 aromatic heterocycles. The molecule has 6 unspecified atom stereocenters. The second-order valence-corrected chi connectivity index (χ2v) is 11.1. The monoisotopic (exact) mass is 484 g/mol. The molecule has 3 saturated heterocycles. The maximum absolute atomic E-state index is 13.1. The highest BCUT2D eigenvalue weighted by Gasteiger charge is 2.94. The maximum Gasteiger partial charge on any atom is 0.338 e. The Morgan fingerprint density at radius 3 is 2.32 bits per heavy atom. The van der Waals surface area contributed by atoms with Crippen molar-refractivity contribution in [3.63, 3.8) is 0 Å². The van der Waals surface area contributed by atoms with E-state index in [0.29, 0.717) is 12.8 Å². The molecule has 0 aromatic carbocycles. The van der Waals surface area contributed by atoms with Crippen LogP contribution >= 0.6 is 0 Å². The first kappa shape index (κ1) is 25.3. The molecule has 10 nitrogen and oxygen atoms in total. The third-order valence-corrected chi connectivity index (χ3v) is 8.61. The third-order valence-electron chi connectivity index (χ3n) is 8.61. The summed E-state index contributed by atoms with van der Waals surface area (Å²) in [7, 11) is 2.73. The fraction of sp³-hybridized carbons (Fsp3) is 0.875. The Morgan fingerprint density at radius 1 is 1.18 bits per heavy atom. The minimum atomic E-state index is -1.34. The van der Waals surface area contributed by atoms with E-state index in [-0.39, 0.29) is 0 Å². The quantitative estimate of drug-likeness (QED) is 0.438. The summed E-state index contributed by atoms with van der Waals surface area (Å²) in [5, 5.41) is 11.0. The first-order chi connectivity index (χ1) is 15.8. The average molecular weight is 485 g/mol. The number of fused-ring (bicyclic) bond motifs is 1. The van der Waals surface area contributed by atoms with Crippen LogP contribution in [-0.2, 0) is 42.8 Å². The number of carbonyl (C=O) groups excluding carboxylic acids is 3. The molecule has 0 aromatic rings. The zero-order chi connectivity index (χ0) is 25.4. The Labute approximate surface area is 199 Å². The molecule has 4 rings (SSSR count). The number of ether oxygens (including phenoxy) is 6. The van der Waals surface area contributed by atoms with Gasteiger partial charge in [-0.2, -0.15) is 0 Å². The predicted molar refractivity (Wildman–Crippen MR) is 115 cm³/mol. The molecule has 0 spiro atoms. The van der Waals surface area contributed by atoms with Gasteiger partial charge in [0.05, 0.1) is 13.0 Å². The van der Waals surface area contributed by atoms with Crippen LogP contribution in [0.1, 0.15) is 54.4 Å². The van der Waals surface area contributed by atoms with E-state index < -0.39 is 82.5 Å². The standard InChI is InChI=1S/C24H36O10/c1-11(17(26)30-8)14-9-10-22-23(15(21(4,5)6)12(2)31-13(3)25)16(29-7)18(27)32-20(23)34-24(14,22)19(28)33-22/h11-12,14-16,19-20,28H,9-10H2,1-8H3/t11?,12-,14+,15-,16-,19?,20?,22?,23?,24?/m0/s1. The van der Waals surface area contributed by atoms with Crippen molar-refractivity contribution >= 4 is 17.9 Å². The molecule has 192 valence electrons. The van der Waals surface area contributed by atoms with Crippen LogP contribution in [0.3, 0.4) is 0 Å². The van der Waals surface area contributed by atoms with Crippen LogP contribution in [0.2, 0.25) is 0 Å². The van der Waals surface area contributed by atoms with Crippen LogP contribution in [0, 0.1) is 28.6 Å². The molecular formula is C24H36O10. The Bertz CT molecular complexity index is 881. The number of carbonyl (C=O) groups is 3. The fourth-order valence-electron chi connectivity index (χ4n) is 7.97. The number of rotatable bonds is 6. The van der Waals surface area contributed by atoms with Crippen molar-refractivity contribution in [2.45, 2.75) is 90.4 Å². The van der Waals surface area contributed by atoms with Crippen molar-refractivity contribution in [2.24, 2.45) is 28.6 Å². The molecule has 3 aliphatic heterocycles. The smallest absolute Gasteiger partial charge is 0.338 e. The molecule has 10 atom stereocenters. The highest BCUT2D eigenvalue weighted by Crippen LogP contribution is 2.78. The van der Waals surface area contributed by atoms with Crippen LogP contribution in [-0.4, -0.2) is 73.2 Å². The van der Waals surface area contributed by atoms with E-state index >= 15 is 0 Å². The van der Waals surface area contributed by atoms with E-state index in [1.54, 1.807) is 13.8 Å². The van der Waals surface area contributed by atoms with Crippen LogP contribution < -0.4 is 0 Å². The Morgan fingerprint density at radius 2 is 1.82 bits per heavy atom. The van der Waals surface area contributed by atoms with Gasteiger partial charge in [0.2, 0.25) is 6.29 Å². The predicted octanol–water partition coefficient (Wildman–Crippen LogP) is 1.56. The Hall–Kier alpha value is -1.75. The van der Waals surface area contributed by atoms with Gasteiger partial charge < -0.3 is 33.5 Å². The Kier molecular flexibility index (Phi) is 5.87. The number of esters is 3. The lowest BCUT2D eigenvalue weighted by Gasteiger charge is -2.63. The topological polar surface area (TPSA) is 127 Å². The summed E-state index contributed by atoms with van der Waals surface area (Å²) in [5.41, 5.74) is -4.32. The molecule has 1 saturated carbocycles. The Balaban J connectivity index is 1.95. The normalized spacial score (nSPS) is 43.0. The second-order valence-electron chi connectivity index (χ2n) is 11.1. The summed E-state index contributed by atoms with van der Waals surface area (Å²) in [6.07, 6.45) is -3.35. The number of aliphatic hydroxyl groups excluding tert-OH is 1. The molecule has 3 heterocycles. The summed E-state index contributed by atoms with van der Waals surface area (Å²) in [5.74, 6) is -3.08. The molecule has 0 radical (unpaired) electrons. The van der Waals surface area contributed by atoms with Gasteiger partial charge in [-0.15, -0.1) is 0 Å². The largest absolute Gasteiger partial charge is 0.469 e. The zero-order valence-corrected chi connectivity index (χ0v) is 21.1. The fourth-order valence-corrected chi connectivity index (χ4v) is 7.97. The van der Waals surface area contributed by atoms with Crippen molar-refractivity contribution in [3.05, 3.63) is 0 Å². The van der Waals surface area contributed by atoms with E-state index in [1.165, 1.54) is 21.1 Å². The van der Waals surface area contributed by atoms with Gasteiger partial charge in [0, 0.05) is 25.9 Å². The maximum atomic E-state index is 13.1. The zero-order valence-electron chi connectivity index (χ0n) is 21.1. The van der Waals surface area contributed by atoms with E-state index in [0.717, 1.165) is 0 Å². The van der Waals surface area contributed by atoms with Crippen molar-refractivity contribution in [2.75, 3.05) is 14.2 Å². The van der Waals surface area contributed by atoms with Gasteiger partial charge in [0.25, 0.3) is 0 Å². The van der Waals surface area contributed by atoms with E-state index in [2.05, 4.69) is 0 Å². The molecule has 34 heavy (non-hydrogen) atoms. The van der Waals surface area contributed by atoms with Gasteiger partial charge in [-0.25, -0.2) is 4.79 Å². The number of aliphatic hydroxyl groups is 1. The SMILES string of the molecule is COC(=O)C(C)[C@H]1CCC23OC(O)C12OC1OC(=O)[C@H](OC)C13[C@@H]([C@H](C)OC(C)=O)C(C)(C)C.